The molecule has 1 atom stereocenters. The first kappa shape index (κ1) is 14.9. The van der Waals surface area contributed by atoms with Gasteiger partial charge >= 0.3 is 0 Å². The Labute approximate surface area is 108 Å². The van der Waals surface area contributed by atoms with Gasteiger partial charge in [0.25, 0.3) is 0 Å². The van der Waals surface area contributed by atoms with Crippen molar-refractivity contribution in [3.63, 3.8) is 0 Å². The van der Waals surface area contributed by atoms with E-state index in [0.29, 0.717) is 6.61 Å². The maximum absolute atomic E-state index is 13.6. The van der Waals surface area contributed by atoms with Crippen molar-refractivity contribution in [1.29, 1.82) is 0 Å². The smallest absolute Gasteiger partial charge is 0.165 e. The van der Waals surface area contributed by atoms with Crippen LogP contribution in [0, 0.1) is 5.82 Å². The van der Waals surface area contributed by atoms with Crippen LogP contribution in [-0.2, 0) is 11.2 Å². The number of ether oxygens (including phenoxy) is 2. The van der Waals surface area contributed by atoms with Crippen LogP contribution in [0.5, 0.6) is 5.75 Å². The molecule has 1 N–H and O–H groups in total. The van der Waals surface area contributed by atoms with Crippen LogP contribution in [0.25, 0.3) is 0 Å². The first-order valence-corrected chi connectivity index (χ1v) is 6.26. The third kappa shape index (κ3) is 4.63. The molecule has 18 heavy (non-hydrogen) atoms. The van der Waals surface area contributed by atoms with Crippen LogP contribution in [-0.4, -0.2) is 33.4 Å². The summed E-state index contributed by atoms with van der Waals surface area (Å²) in [7, 11) is 3.14. The zero-order chi connectivity index (χ0) is 13.4. The van der Waals surface area contributed by atoms with Gasteiger partial charge in [-0.3, -0.25) is 0 Å². The molecule has 4 heteroatoms. The predicted octanol–water partition coefficient (Wildman–Crippen LogP) is 2.39. The van der Waals surface area contributed by atoms with Crippen LogP contribution in [0.4, 0.5) is 4.39 Å². The van der Waals surface area contributed by atoms with E-state index in [9.17, 15) is 4.39 Å². The normalized spacial score (nSPS) is 12.4. The van der Waals surface area contributed by atoms with Gasteiger partial charge in [-0.25, -0.2) is 4.39 Å². The summed E-state index contributed by atoms with van der Waals surface area (Å²) in [6, 6.07) is 5.28. The molecule has 3 nitrogen and oxygen atoms in total. The maximum atomic E-state index is 13.6. The third-order valence-electron chi connectivity index (χ3n) is 2.75. The molecule has 0 fully saturated rings. The van der Waals surface area contributed by atoms with Crippen molar-refractivity contribution in [3.8, 4) is 5.75 Å². The van der Waals surface area contributed by atoms with Crippen LogP contribution < -0.4 is 10.1 Å². The highest BCUT2D eigenvalue weighted by molar-refractivity contribution is 5.29. The van der Waals surface area contributed by atoms with Crippen molar-refractivity contribution in [2.45, 2.75) is 25.8 Å². The lowest BCUT2D eigenvalue weighted by Crippen LogP contribution is -2.35. The highest BCUT2D eigenvalue weighted by Crippen LogP contribution is 2.18. The van der Waals surface area contributed by atoms with E-state index in [2.05, 4.69) is 12.2 Å². The minimum Gasteiger partial charge on any atom is -0.494 e. The molecule has 1 aromatic carbocycles. The van der Waals surface area contributed by atoms with Gasteiger partial charge in [0.15, 0.2) is 11.6 Å². The Morgan fingerprint density at radius 3 is 2.67 bits per heavy atom. The molecule has 0 saturated heterocycles. The van der Waals surface area contributed by atoms with E-state index in [1.165, 1.54) is 13.2 Å². The molecule has 1 unspecified atom stereocenters. The minimum absolute atomic E-state index is 0.211. The molecule has 0 heterocycles. The summed E-state index contributed by atoms with van der Waals surface area (Å²) in [6.07, 6.45) is 1.81. The van der Waals surface area contributed by atoms with E-state index in [-0.39, 0.29) is 17.6 Å². The van der Waals surface area contributed by atoms with Crippen LogP contribution >= 0.6 is 0 Å². The van der Waals surface area contributed by atoms with E-state index in [4.69, 9.17) is 9.47 Å². The predicted molar refractivity (Wildman–Crippen MR) is 70.6 cm³/mol. The topological polar surface area (TPSA) is 30.5 Å². The molecule has 0 saturated carbocycles. The van der Waals surface area contributed by atoms with Gasteiger partial charge in [0.05, 0.1) is 13.7 Å². The lowest BCUT2D eigenvalue weighted by molar-refractivity contribution is 0.166. The van der Waals surface area contributed by atoms with Crippen LogP contribution in [0.1, 0.15) is 18.9 Å². The monoisotopic (exact) mass is 255 g/mol. The first-order valence-electron chi connectivity index (χ1n) is 6.26. The zero-order valence-corrected chi connectivity index (χ0v) is 11.3. The maximum Gasteiger partial charge on any atom is 0.165 e. The molecule has 1 rings (SSSR count). The zero-order valence-electron chi connectivity index (χ0n) is 11.3. The molecule has 102 valence electrons. The lowest BCUT2D eigenvalue weighted by atomic mass is 10.1. The van der Waals surface area contributed by atoms with E-state index < -0.39 is 0 Å². The number of methoxy groups -OCH3 is 2. The summed E-state index contributed by atoms with van der Waals surface area (Å²) in [5.41, 5.74) is 0.943. The second-order valence-corrected chi connectivity index (χ2v) is 4.28. The number of rotatable bonds is 8. The molecule has 0 bridgehead atoms. The summed E-state index contributed by atoms with van der Waals surface area (Å²) in [6.45, 7) is 3.67. The molecular weight excluding hydrogens is 233 g/mol. The van der Waals surface area contributed by atoms with Crippen LogP contribution in [0.3, 0.4) is 0 Å². The van der Waals surface area contributed by atoms with Crippen LogP contribution in [0.2, 0.25) is 0 Å². The van der Waals surface area contributed by atoms with Gasteiger partial charge in [-0.2, -0.15) is 0 Å². The van der Waals surface area contributed by atoms with Gasteiger partial charge in [0.1, 0.15) is 0 Å². The van der Waals surface area contributed by atoms with Crippen molar-refractivity contribution in [2.75, 3.05) is 27.4 Å². The molecule has 0 spiro atoms. The Kier molecular flexibility index (Phi) is 6.68. The van der Waals surface area contributed by atoms with Crippen molar-refractivity contribution in [1.82, 2.24) is 5.32 Å². The molecule has 0 aliphatic heterocycles. The van der Waals surface area contributed by atoms with Crippen molar-refractivity contribution >= 4 is 0 Å². The largest absolute Gasteiger partial charge is 0.494 e. The number of benzene rings is 1. The van der Waals surface area contributed by atoms with Gasteiger partial charge in [0, 0.05) is 13.2 Å². The fraction of sp³-hybridized carbons (Fsp3) is 0.571. The molecule has 0 aliphatic carbocycles. The van der Waals surface area contributed by atoms with Crippen LogP contribution in [0.15, 0.2) is 18.2 Å². The molecular formula is C14H22FNO2. The Balaban J connectivity index is 2.64. The average Bonchev–Trinajstić information content (AvgIpc) is 2.36. The quantitative estimate of drug-likeness (QED) is 0.773. The Morgan fingerprint density at radius 1 is 1.33 bits per heavy atom. The lowest BCUT2D eigenvalue weighted by Gasteiger charge is -2.18. The minimum atomic E-state index is -0.318. The van der Waals surface area contributed by atoms with E-state index in [1.807, 2.05) is 6.07 Å². The van der Waals surface area contributed by atoms with Gasteiger partial charge in [-0.15, -0.1) is 0 Å². The fourth-order valence-corrected chi connectivity index (χ4v) is 1.86. The first-order chi connectivity index (χ1) is 8.71. The van der Waals surface area contributed by atoms with E-state index >= 15 is 0 Å². The van der Waals surface area contributed by atoms with Gasteiger partial charge in [-0.1, -0.05) is 13.0 Å². The standard InChI is InChI=1S/C14H22FNO2/c1-4-7-16-12(10-17-2)8-11-5-6-14(18-3)13(15)9-11/h5-6,9,12,16H,4,7-8,10H2,1-3H3. The Hall–Kier alpha value is -1.13. The van der Waals surface area contributed by atoms with Gasteiger partial charge < -0.3 is 14.8 Å². The van der Waals surface area contributed by atoms with Crippen molar-refractivity contribution in [2.24, 2.45) is 0 Å². The summed E-state index contributed by atoms with van der Waals surface area (Å²) in [4.78, 5) is 0. The van der Waals surface area contributed by atoms with Gasteiger partial charge in [0.2, 0.25) is 0 Å². The molecule has 1 aromatic rings. The summed E-state index contributed by atoms with van der Waals surface area (Å²) in [5.74, 6) is -0.0368. The fourth-order valence-electron chi connectivity index (χ4n) is 1.86. The number of hydrogen-bond acceptors (Lipinski definition) is 3. The third-order valence-corrected chi connectivity index (χ3v) is 2.75. The van der Waals surface area contributed by atoms with Gasteiger partial charge in [-0.05, 0) is 37.1 Å². The Bertz CT molecular complexity index is 358. The van der Waals surface area contributed by atoms with E-state index in [0.717, 1.165) is 24.9 Å². The molecule has 0 aromatic heterocycles. The van der Waals surface area contributed by atoms with Crippen molar-refractivity contribution < 1.29 is 13.9 Å². The number of hydrogen-bond donors (Lipinski definition) is 1. The highest BCUT2D eigenvalue weighted by atomic mass is 19.1. The highest BCUT2D eigenvalue weighted by Gasteiger charge is 2.10. The number of nitrogens with one attached hydrogen (secondary N) is 1. The molecule has 0 aliphatic rings. The van der Waals surface area contributed by atoms with Crippen molar-refractivity contribution in [3.05, 3.63) is 29.6 Å². The SMILES string of the molecule is CCCNC(COC)Cc1ccc(OC)c(F)c1. The second kappa shape index (κ2) is 8.06. The molecule has 0 radical (unpaired) electrons. The Morgan fingerprint density at radius 2 is 2.11 bits per heavy atom. The summed E-state index contributed by atoms with van der Waals surface area (Å²) in [5, 5.41) is 3.39. The summed E-state index contributed by atoms with van der Waals surface area (Å²) < 4.78 is 23.6. The second-order valence-electron chi connectivity index (χ2n) is 4.28. The van der Waals surface area contributed by atoms with E-state index in [1.54, 1.807) is 13.2 Å². The average molecular weight is 255 g/mol. The molecule has 0 amide bonds. The number of halogens is 1. The summed E-state index contributed by atoms with van der Waals surface area (Å²) >= 11 is 0.